The molecule has 0 aromatic rings. The first kappa shape index (κ1) is 32.2. The minimum atomic E-state index is -4.49. The van der Waals surface area contributed by atoms with E-state index >= 15 is 0 Å². The van der Waals surface area contributed by atoms with E-state index in [1.165, 1.54) is 38.5 Å². The number of nitrogens with zero attached hydrogens (tertiary/aromatic N) is 1. The average Bonchev–Trinajstić information content (AvgIpc) is 2.73. The zero-order valence-corrected chi connectivity index (χ0v) is 22.2. The van der Waals surface area contributed by atoms with Gasteiger partial charge in [-0.05, 0) is 32.1 Å². The largest absolute Gasteiger partial charge is 0.756 e. The van der Waals surface area contributed by atoms with Crippen LogP contribution in [0, 0.1) is 0 Å². The van der Waals surface area contributed by atoms with Crippen LogP contribution in [0.1, 0.15) is 84.0 Å². The average molecular weight is 494 g/mol. The number of phosphoric ester groups is 1. The number of aliphatic hydroxyl groups is 1. The molecule has 0 rings (SSSR count). The smallest absolute Gasteiger partial charge is 0.305 e. The maximum atomic E-state index is 11.8. The lowest BCUT2D eigenvalue weighted by atomic mass is 10.1. The SMILES string of the molecule is CCCCCCCC/C=C/CCCCCC(=O)OC[C@@H](O)COP(=O)([O-])OCC[N+](C)(C)C. The number of quaternary nitrogens is 1. The zero-order valence-electron chi connectivity index (χ0n) is 21.3. The van der Waals surface area contributed by atoms with Crippen LogP contribution in [0.5, 0.6) is 0 Å². The normalized spacial score (nSPS) is 15.0. The Hall–Kier alpha value is -0.760. The van der Waals surface area contributed by atoms with Crippen LogP contribution in [-0.2, 0) is 23.1 Å². The van der Waals surface area contributed by atoms with E-state index in [0.717, 1.165) is 32.1 Å². The Morgan fingerprint density at radius 3 is 2.12 bits per heavy atom. The number of aliphatic hydroxyl groups excluding tert-OH is 1. The molecule has 0 saturated carbocycles. The first-order valence-corrected chi connectivity index (χ1v) is 13.9. The summed E-state index contributed by atoms with van der Waals surface area (Å²) in [5.74, 6) is -0.405. The molecule has 196 valence electrons. The quantitative estimate of drug-likeness (QED) is 0.0785. The van der Waals surface area contributed by atoms with Gasteiger partial charge in [-0.3, -0.25) is 9.36 Å². The minimum absolute atomic E-state index is 0.00965. The van der Waals surface area contributed by atoms with Gasteiger partial charge in [-0.25, -0.2) is 0 Å². The first-order chi connectivity index (χ1) is 15.6. The second-order valence-electron chi connectivity index (χ2n) is 9.55. The molecule has 0 radical (unpaired) electrons. The molecule has 0 aromatic carbocycles. The fraction of sp³-hybridized carbons (Fsp3) is 0.875. The highest BCUT2D eigenvalue weighted by molar-refractivity contribution is 7.45. The Bertz CT molecular complexity index is 564. The third kappa shape index (κ3) is 24.2. The minimum Gasteiger partial charge on any atom is -0.756 e. The van der Waals surface area contributed by atoms with Gasteiger partial charge in [0.05, 0.1) is 27.7 Å². The molecular formula is C24H48NO7P. The number of hydrogen-bond donors (Lipinski definition) is 1. The summed E-state index contributed by atoms with van der Waals surface area (Å²) < 4.78 is 26.6. The predicted molar refractivity (Wildman–Crippen MR) is 130 cm³/mol. The van der Waals surface area contributed by atoms with Gasteiger partial charge in [0.15, 0.2) is 0 Å². The Labute approximate surface area is 201 Å². The van der Waals surface area contributed by atoms with E-state index in [9.17, 15) is 19.4 Å². The van der Waals surface area contributed by atoms with Crippen molar-refractivity contribution in [1.82, 2.24) is 0 Å². The lowest BCUT2D eigenvalue weighted by Crippen LogP contribution is -2.37. The number of rotatable bonds is 22. The molecular weight excluding hydrogens is 445 g/mol. The molecule has 33 heavy (non-hydrogen) atoms. The summed E-state index contributed by atoms with van der Waals surface area (Å²) in [7, 11) is 1.24. The van der Waals surface area contributed by atoms with Crippen molar-refractivity contribution in [1.29, 1.82) is 0 Å². The summed E-state index contributed by atoms with van der Waals surface area (Å²) in [6, 6.07) is 0. The summed E-state index contributed by atoms with van der Waals surface area (Å²) in [6.45, 7) is 1.90. The van der Waals surface area contributed by atoms with Crippen LogP contribution in [0.3, 0.4) is 0 Å². The number of phosphoric acid groups is 1. The second-order valence-corrected chi connectivity index (χ2v) is 11.0. The summed E-state index contributed by atoms with van der Waals surface area (Å²) in [5.41, 5.74) is 0. The number of carbonyl (C=O) groups is 1. The Balaban J connectivity index is 3.65. The molecule has 0 aliphatic heterocycles. The Morgan fingerprint density at radius 1 is 0.939 bits per heavy atom. The number of likely N-dealkylation sites (N-methyl/N-ethyl adjacent to an activating group) is 1. The van der Waals surface area contributed by atoms with Gasteiger partial charge < -0.3 is 28.3 Å². The van der Waals surface area contributed by atoms with Crippen LogP contribution in [0.2, 0.25) is 0 Å². The maximum absolute atomic E-state index is 11.8. The molecule has 1 unspecified atom stereocenters. The van der Waals surface area contributed by atoms with Crippen LogP contribution >= 0.6 is 7.82 Å². The number of unbranched alkanes of at least 4 members (excludes halogenated alkanes) is 9. The Kier molecular flexibility index (Phi) is 19.1. The predicted octanol–water partition coefficient (Wildman–Crippen LogP) is 4.36. The molecule has 0 bridgehead atoms. The van der Waals surface area contributed by atoms with Crippen LogP contribution in [0.4, 0.5) is 0 Å². The maximum Gasteiger partial charge on any atom is 0.305 e. The van der Waals surface area contributed by atoms with Crippen molar-refractivity contribution in [3.63, 3.8) is 0 Å². The van der Waals surface area contributed by atoms with Gasteiger partial charge in [0, 0.05) is 6.42 Å². The van der Waals surface area contributed by atoms with Crippen LogP contribution < -0.4 is 4.89 Å². The molecule has 0 fully saturated rings. The lowest BCUT2D eigenvalue weighted by Gasteiger charge is -2.27. The molecule has 0 aromatic heterocycles. The van der Waals surface area contributed by atoms with Crippen molar-refractivity contribution < 1.29 is 37.6 Å². The van der Waals surface area contributed by atoms with Crippen molar-refractivity contribution >= 4 is 13.8 Å². The van der Waals surface area contributed by atoms with Gasteiger partial charge in [0.2, 0.25) is 0 Å². The second kappa shape index (κ2) is 19.5. The van der Waals surface area contributed by atoms with Crippen molar-refractivity contribution in [3.8, 4) is 0 Å². The van der Waals surface area contributed by atoms with E-state index < -0.39 is 26.5 Å². The number of hydrogen-bond acceptors (Lipinski definition) is 7. The molecule has 2 atom stereocenters. The number of carbonyl (C=O) groups excluding carboxylic acids is 1. The Morgan fingerprint density at radius 2 is 1.52 bits per heavy atom. The molecule has 0 spiro atoms. The summed E-state index contributed by atoms with van der Waals surface area (Å²) in [6.07, 6.45) is 16.3. The van der Waals surface area contributed by atoms with Gasteiger partial charge in [-0.15, -0.1) is 0 Å². The molecule has 9 heteroatoms. The van der Waals surface area contributed by atoms with Crippen LogP contribution in [0.25, 0.3) is 0 Å². The van der Waals surface area contributed by atoms with E-state index in [1.807, 2.05) is 21.1 Å². The van der Waals surface area contributed by atoms with E-state index in [2.05, 4.69) is 23.6 Å². The van der Waals surface area contributed by atoms with Crippen molar-refractivity contribution in [2.45, 2.75) is 90.1 Å². The lowest BCUT2D eigenvalue weighted by molar-refractivity contribution is -0.870. The topological polar surface area (TPSA) is 105 Å². The van der Waals surface area contributed by atoms with Crippen molar-refractivity contribution in [2.75, 3.05) is 47.5 Å². The highest BCUT2D eigenvalue weighted by Crippen LogP contribution is 2.38. The summed E-state index contributed by atoms with van der Waals surface area (Å²) in [4.78, 5) is 23.4. The van der Waals surface area contributed by atoms with Crippen molar-refractivity contribution in [2.24, 2.45) is 0 Å². The number of ether oxygens (including phenoxy) is 1. The van der Waals surface area contributed by atoms with E-state index in [4.69, 9.17) is 9.26 Å². The van der Waals surface area contributed by atoms with Gasteiger partial charge in [-0.1, -0.05) is 57.6 Å². The van der Waals surface area contributed by atoms with E-state index in [0.29, 0.717) is 11.0 Å². The molecule has 1 N–H and O–H groups in total. The third-order valence-corrected chi connectivity index (χ3v) is 5.98. The monoisotopic (exact) mass is 493 g/mol. The molecule has 0 saturated heterocycles. The van der Waals surface area contributed by atoms with Crippen LogP contribution in [0.15, 0.2) is 12.2 Å². The number of esters is 1. The van der Waals surface area contributed by atoms with Gasteiger partial charge in [-0.2, -0.15) is 0 Å². The zero-order chi connectivity index (χ0) is 25.0. The first-order valence-electron chi connectivity index (χ1n) is 12.4. The standard InChI is InChI=1S/C24H48NO7P/c1-5-6-7-8-9-10-11-12-13-14-15-16-17-18-24(27)30-21-23(26)22-32-33(28,29)31-20-19-25(2,3)4/h12-13,23,26H,5-11,14-22H2,1-4H3/b13-12+/t23-/m1/s1. The van der Waals surface area contributed by atoms with Crippen LogP contribution in [-0.4, -0.2) is 69.2 Å². The third-order valence-electron chi connectivity index (χ3n) is 5.02. The molecule has 0 amide bonds. The molecule has 0 heterocycles. The molecule has 0 aliphatic rings. The van der Waals surface area contributed by atoms with Crippen molar-refractivity contribution in [3.05, 3.63) is 12.2 Å². The molecule has 8 nitrogen and oxygen atoms in total. The van der Waals surface area contributed by atoms with Gasteiger partial charge in [0.1, 0.15) is 25.9 Å². The number of allylic oxidation sites excluding steroid dienone is 2. The van der Waals surface area contributed by atoms with Gasteiger partial charge in [0.25, 0.3) is 7.82 Å². The van der Waals surface area contributed by atoms with E-state index in [1.54, 1.807) is 0 Å². The summed E-state index contributed by atoms with van der Waals surface area (Å²) in [5, 5.41) is 9.77. The molecule has 0 aliphatic carbocycles. The summed E-state index contributed by atoms with van der Waals surface area (Å²) >= 11 is 0. The highest BCUT2D eigenvalue weighted by atomic mass is 31.2. The van der Waals surface area contributed by atoms with Gasteiger partial charge >= 0.3 is 5.97 Å². The van der Waals surface area contributed by atoms with E-state index in [-0.39, 0.29) is 19.6 Å². The highest BCUT2D eigenvalue weighted by Gasteiger charge is 2.16. The fourth-order valence-corrected chi connectivity index (χ4v) is 3.67. The fourth-order valence-electron chi connectivity index (χ4n) is 2.94.